The van der Waals surface area contributed by atoms with Gasteiger partial charge in [-0.2, -0.15) is 5.26 Å². The smallest absolute Gasteiger partial charge is 0.147 e. The molecule has 0 saturated heterocycles. The van der Waals surface area contributed by atoms with E-state index in [1.807, 2.05) is 6.07 Å². The Morgan fingerprint density at radius 1 is 1.50 bits per heavy atom. The van der Waals surface area contributed by atoms with Crippen molar-refractivity contribution in [2.75, 3.05) is 0 Å². The highest BCUT2D eigenvalue weighted by molar-refractivity contribution is 9.10. The van der Waals surface area contributed by atoms with Crippen molar-refractivity contribution in [1.29, 1.82) is 5.26 Å². The van der Waals surface area contributed by atoms with Crippen LogP contribution in [0.5, 0.6) is 0 Å². The molecule has 0 aliphatic carbocycles. The van der Waals surface area contributed by atoms with Gasteiger partial charge in [0.05, 0.1) is 16.5 Å². The molecule has 0 atom stereocenters. The van der Waals surface area contributed by atoms with Crippen LogP contribution in [-0.2, 0) is 5.41 Å². The Hall–Kier alpha value is -0.590. The lowest BCUT2D eigenvalue weighted by molar-refractivity contribution is 0.562. The molecule has 0 N–H and O–H groups in total. The molecule has 4 heteroatoms. The maximum Gasteiger partial charge on any atom is 0.147 e. The Morgan fingerprint density at radius 3 is 2.57 bits per heavy atom. The summed E-state index contributed by atoms with van der Waals surface area (Å²) in [4.78, 5) is 0. The van der Waals surface area contributed by atoms with Gasteiger partial charge in [-0.05, 0) is 26.0 Å². The van der Waals surface area contributed by atoms with Crippen molar-refractivity contribution in [1.82, 2.24) is 0 Å². The summed E-state index contributed by atoms with van der Waals surface area (Å²) in [6.45, 7) is 3.29. The second-order valence-electron chi connectivity index (χ2n) is 3.45. The van der Waals surface area contributed by atoms with E-state index in [0.29, 0.717) is 10.0 Å². The summed E-state index contributed by atoms with van der Waals surface area (Å²) in [5, 5.41) is 8.94. The van der Waals surface area contributed by atoms with E-state index < -0.39 is 11.2 Å². The normalized spacial score (nSPS) is 11.1. The lowest BCUT2D eigenvalue weighted by atomic mass is 9.86. The van der Waals surface area contributed by atoms with Crippen molar-refractivity contribution in [3.05, 3.63) is 33.0 Å². The summed E-state index contributed by atoms with van der Waals surface area (Å²) in [5.74, 6) is -0.535. The van der Waals surface area contributed by atoms with Crippen LogP contribution in [0.1, 0.15) is 19.4 Å². The van der Waals surface area contributed by atoms with Crippen LogP contribution in [0.4, 0.5) is 4.39 Å². The molecule has 0 aromatic heterocycles. The lowest BCUT2D eigenvalue weighted by Crippen LogP contribution is -2.17. The molecule has 0 fully saturated rings. The number of nitrogens with zero attached hydrogens (tertiary/aromatic N) is 1. The van der Waals surface area contributed by atoms with Gasteiger partial charge in [-0.15, -0.1) is 0 Å². The van der Waals surface area contributed by atoms with E-state index in [4.69, 9.17) is 16.9 Å². The first-order chi connectivity index (χ1) is 6.40. The molecule has 1 aromatic carbocycles. The topological polar surface area (TPSA) is 23.8 Å². The molecule has 0 saturated carbocycles. The Balaban J connectivity index is 3.49. The number of rotatable bonds is 1. The Labute approximate surface area is 95.6 Å². The van der Waals surface area contributed by atoms with Crippen LogP contribution in [-0.4, -0.2) is 0 Å². The monoisotopic (exact) mass is 275 g/mol. The van der Waals surface area contributed by atoms with Crippen LogP contribution >= 0.6 is 27.5 Å². The zero-order valence-corrected chi connectivity index (χ0v) is 10.1. The van der Waals surface area contributed by atoms with Gasteiger partial charge in [0.2, 0.25) is 0 Å². The van der Waals surface area contributed by atoms with Crippen LogP contribution in [0.2, 0.25) is 5.02 Å². The molecule has 1 rings (SSSR count). The van der Waals surface area contributed by atoms with Gasteiger partial charge in [0.1, 0.15) is 5.82 Å². The number of hydrogen-bond acceptors (Lipinski definition) is 1. The van der Waals surface area contributed by atoms with Gasteiger partial charge in [-0.25, -0.2) is 4.39 Å². The maximum atomic E-state index is 13.6. The van der Waals surface area contributed by atoms with E-state index in [0.717, 1.165) is 0 Å². The average molecular weight is 277 g/mol. The molecule has 0 bridgehead atoms. The van der Waals surface area contributed by atoms with Gasteiger partial charge in [0.15, 0.2) is 0 Å². The van der Waals surface area contributed by atoms with Gasteiger partial charge in [0.25, 0.3) is 0 Å². The van der Waals surface area contributed by atoms with E-state index in [1.54, 1.807) is 19.9 Å². The van der Waals surface area contributed by atoms with Gasteiger partial charge in [-0.3, -0.25) is 0 Å². The summed E-state index contributed by atoms with van der Waals surface area (Å²) in [6.07, 6.45) is 0. The Kier molecular flexibility index (Phi) is 3.18. The fraction of sp³-hybridized carbons (Fsp3) is 0.300. The SMILES string of the molecule is CC(C)(C#N)c1c(Br)ccc(Cl)c1F. The fourth-order valence-corrected chi connectivity index (χ4v) is 2.12. The number of benzene rings is 1. The number of hydrogen-bond donors (Lipinski definition) is 0. The first kappa shape index (κ1) is 11.5. The third kappa shape index (κ3) is 1.92. The van der Waals surface area contributed by atoms with Crippen molar-refractivity contribution in [2.45, 2.75) is 19.3 Å². The highest BCUT2D eigenvalue weighted by Crippen LogP contribution is 2.34. The average Bonchev–Trinajstić information content (AvgIpc) is 2.12. The van der Waals surface area contributed by atoms with Gasteiger partial charge in [-0.1, -0.05) is 27.5 Å². The van der Waals surface area contributed by atoms with E-state index in [9.17, 15) is 4.39 Å². The van der Waals surface area contributed by atoms with E-state index in [2.05, 4.69) is 15.9 Å². The molecule has 0 amide bonds. The Morgan fingerprint density at radius 2 is 2.07 bits per heavy atom. The van der Waals surface area contributed by atoms with Crippen molar-refractivity contribution >= 4 is 27.5 Å². The standard InChI is InChI=1S/C10H8BrClFN/c1-10(2,5-14)8-6(11)3-4-7(12)9(8)13/h3-4H,1-2H3. The molecule has 0 unspecified atom stereocenters. The van der Waals surface area contributed by atoms with Crippen molar-refractivity contribution in [3.8, 4) is 6.07 Å². The molecule has 0 aliphatic heterocycles. The quantitative estimate of drug-likeness (QED) is 0.710. The van der Waals surface area contributed by atoms with Crippen molar-refractivity contribution in [3.63, 3.8) is 0 Å². The van der Waals surface area contributed by atoms with Crippen molar-refractivity contribution in [2.24, 2.45) is 0 Å². The minimum atomic E-state index is -0.895. The van der Waals surface area contributed by atoms with Gasteiger partial charge >= 0.3 is 0 Å². The molecular formula is C10H8BrClFN. The molecule has 74 valence electrons. The predicted molar refractivity (Wildman–Crippen MR) is 57.7 cm³/mol. The minimum absolute atomic E-state index is 0.0338. The van der Waals surface area contributed by atoms with Crippen LogP contribution in [0.15, 0.2) is 16.6 Å². The first-order valence-corrected chi connectivity index (χ1v) is 5.12. The van der Waals surface area contributed by atoms with Crippen LogP contribution in [0.3, 0.4) is 0 Å². The summed E-state index contributed by atoms with van der Waals surface area (Å²) >= 11 is 8.85. The first-order valence-electron chi connectivity index (χ1n) is 3.95. The number of nitriles is 1. The zero-order chi connectivity index (χ0) is 10.9. The largest absolute Gasteiger partial charge is 0.205 e. The Bertz CT molecular complexity index is 409. The van der Waals surface area contributed by atoms with Crippen LogP contribution in [0, 0.1) is 17.1 Å². The summed E-state index contributed by atoms with van der Waals surface area (Å²) in [6, 6.07) is 5.13. The summed E-state index contributed by atoms with van der Waals surface area (Å²) in [7, 11) is 0. The second kappa shape index (κ2) is 3.88. The number of halogens is 3. The van der Waals surface area contributed by atoms with E-state index >= 15 is 0 Å². The van der Waals surface area contributed by atoms with Crippen molar-refractivity contribution < 1.29 is 4.39 Å². The van der Waals surface area contributed by atoms with Gasteiger partial charge < -0.3 is 0 Å². The maximum absolute atomic E-state index is 13.6. The summed E-state index contributed by atoms with van der Waals surface area (Å²) < 4.78 is 14.2. The van der Waals surface area contributed by atoms with Crippen LogP contribution in [0.25, 0.3) is 0 Å². The molecule has 0 radical (unpaired) electrons. The molecule has 0 aliphatic rings. The molecular weight excluding hydrogens is 268 g/mol. The van der Waals surface area contributed by atoms with Gasteiger partial charge in [0, 0.05) is 10.0 Å². The summed E-state index contributed by atoms with van der Waals surface area (Å²) in [5.41, 5.74) is -0.596. The molecule has 1 nitrogen and oxygen atoms in total. The minimum Gasteiger partial charge on any atom is -0.205 e. The predicted octanol–water partition coefficient (Wildman–Crippen LogP) is 4.04. The van der Waals surface area contributed by atoms with E-state index in [1.165, 1.54) is 6.07 Å². The van der Waals surface area contributed by atoms with Crippen LogP contribution < -0.4 is 0 Å². The highest BCUT2D eigenvalue weighted by Gasteiger charge is 2.27. The van der Waals surface area contributed by atoms with E-state index in [-0.39, 0.29) is 5.02 Å². The third-order valence-corrected chi connectivity index (χ3v) is 2.90. The third-order valence-electron chi connectivity index (χ3n) is 1.95. The fourth-order valence-electron chi connectivity index (χ4n) is 1.16. The molecule has 0 heterocycles. The second-order valence-corrected chi connectivity index (χ2v) is 4.72. The molecule has 1 aromatic rings. The molecule has 14 heavy (non-hydrogen) atoms. The lowest BCUT2D eigenvalue weighted by Gasteiger charge is -2.18. The highest BCUT2D eigenvalue weighted by atomic mass is 79.9. The molecule has 0 spiro atoms. The zero-order valence-electron chi connectivity index (χ0n) is 7.74.